The highest BCUT2D eigenvalue weighted by Crippen LogP contribution is 2.31. The summed E-state index contributed by atoms with van der Waals surface area (Å²) >= 11 is 6.01. The van der Waals surface area contributed by atoms with Crippen LogP contribution in [0.25, 0.3) is 0 Å². The number of halogens is 1. The van der Waals surface area contributed by atoms with Crippen molar-refractivity contribution in [2.75, 3.05) is 0 Å². The van der Waals surface area contributed by atoms with Crippen molar-refractivity contribution < 1.29 is 0 Å². The van der Waals surface area contributed by atoms with E-state index in [4.69, 9.17) is 11.6 Å². The predicted octanol–water partition coefficient (Wildman–Crippen LogP) is 3.55. The van der Waals surface area contributed by atoms with Crippen LogP contribution in [-0.4, -0.2) is 6.21 Å². The summed E-state index contributed by atoms with van der Waals surface area (Å²) in [5.41, 5.74) is 3.71. The molecule has 2 rings (SSSR count). The van der Waals surface area contributed by atoms with Gasteiger partial charge >= 0.3 is 0 Å². The largest absolute Gasteiger partial charge is 0.261 e. The molecule has 0 N–H and O–H groups in total. The van der Waals surface area contributed by atoms with Gasteiger partial charge in [0.1, 0.15) is 0 Å². The van der Waals surface area contributed by atoms with Crippen LogP contribution >= 0.6 is 11.6 Å². The van der Waals surface area contributed by atoms with Crippen LogP contribution in [0.4, 0.5) is 5.69 Å². The van der Waals surface area contributed by atoms with Crippen molar-refractivity contribution in [2.24, 2.45) is 4.99 Å². The lowest BCUT2D eigenvalue weighted by Crippen LogP contribution is -1.96. The molecule has 0 aromatic heterocycles. The van der Waals surface area contributed by atoms with Gasteiger partial charge in [-0.25, -0.2) is 0 Å². The minimum atomic E-state index is 0.840. The van der Waals surface area contributed by atoms with E-state index in [2.05, 4.69) is 11.9 Å². The summed E-state index contributed by atoms with van der Waals surface area (Å²) in [5, 5.41) is 0.840. The molecule has 0 amide bonds. The van der Waals surface area contributed by atoms with Gasteiger partial charge in [-0.15, -0.1) is 0 Å². The number of benzene rings is 1. The van der Waals surface area contributed by atoms with Crippen molar-refractivity contribution in [1.29, 1.82) is 0 Å². The molecule has 1 aliphatic rings. The zero-order valence-corrected chi connectivity index (χ0v) is 8.43. The van der Waals surface area contributed by atoms with Gasteiger partial charge in [0.15, 0.2) is 0 Å². The van der Waals surface area contributed by atoms with E-state index < -0.39 is 0 Å². The second-order valence-electron chi connectivity index (χ2n) is 3.28. The van der Waals surface area contributed by atoms with Gasteiger partial charge in [-0.2, -0.15) is 0 Å². The second-order valence-corrected chi connectivity index (χ2v) is 3.71. The van der Waals surface area contributed by atoms with E-state index in [0.29, 0.717) is 0 Å². The molecule has 1 aliphatic heterocycles. The SMILES string of the molecule is CCc1cc(Cl)cc2c1N=CCC2. The average molecular weight is 194 g/mol. The highest BCUT2D eigenvalue weighted by atomic mass is 35.5. The lowest BCUT2D eigenvalue weighted by molar-refractivity contribution is 1.01. The van der Waals surface area contributed by atoms with E-state index in [0.717, 1.165) is 30.0 Å². The maximum Gasteiger partial charge on any atom is 0.0690 e. The van der Waals surface area contributed by atoms with Gasteiger partial charge in [-0.1, -0.05) is 18.5 Å². The maximum absolute atomic E-state index is 6.01. The highest BCUT2D eigenvalue weighted by Gasteiger charge is 2.10. The topological polar surface area (TPSA) is 12.4 Å². The van der Waals surface area contributed by atoms with E-state index in [1.807, 2.05) is 18.3 Å². The lowest BCUT2D eigenvalue weighted by atomic mass is 10.00. The van der Waals surface area contributed by atoms with Crippen LogP contribution in [0, 0.1) is 0 Å². The van der Waals surface area contributed by atoms with Gasteiger partial charge in [0.05, 0.1) is 5.69 Å². The lowest BCUT2D eigenvalue weighted by Gasteiger charge is -2.13. The van der Waals surface area contributed by atoms with Crippen LogP contribution < -0.4 is 0 Å². The predicted molar refractivity (Wildman–Crippen MR) is 57.3 cm³/mol. The Kier molecular flexibility index (Phi) is 2.36. The number of hydrogen-bond acceptors (Lipinski definition) is 1. The monoisotopic (exact) mass is 193 g/mol. The average Bonchev–Trinajstić information content (AvgIpc) is 2.16. The summed E-state index contributed by atoms with van der Waals surface area (Å²) in [6.07, 6.45) is 5.11. The molecule has 0 spiro atoms. The third-order valence-corrected chi connectivity index (χ3v) is 2.59. The third-order valence-electron chi connectivity index (χ3n) is 2.38. The molecule has 1 nitrogen and oxygen atoms in total. The Morgan fingerprint density at radius 3 is 3.08 bits per heavy atom. The van der Waals surface area contributed by atoms with Crippen LogP contribution in [0.1, 0.15) is 24.5 Å². The van der Waals surface area contributed by atoms with Gasteiger partial charge in [0, 0.05) is 11.2 Å². The summed E-state index contributed by atoms with van der Waals surface area (Å²) in [6.45, 7) is 2.13. The van der Waals surface area contributed by atoms with Gasteiger partial charge in [0.2, 0.25) is 0 Å². The normalized spacial score (nSPS) is 14.3. The van der Waals surface area contributed by atoms with Crippen LogP contribution in [0.5, 0.6) is 0 Å². The molecule has 0 saturated carbocycles. The molecule has 0 radical (unpaired) electrons. The molecule has 0 aliphatic carbocycles. The smallest absolute Gasteiger partial charge is 0.0690 e. The molecule has 13 heavy (non-hydrogen) atoms. The van der Waals surface area contributed by atoms with Gasteiger partial charge in [-0.3, -0.25) is 4.99 Å². The van der Waals surface area contributed by atoms with Crippen LogP contribution in [0.2, 0.25) is 5.02 Å². The van der Waals surface area contributed by atoms with E-state index in [9.17, 15) is 0 Å². The minimum Gasteiger partial charge on any atom is -0.261 e. The Morgan fingerprint density at radius 2 is 2.31 bits per heavy atom. The summed E-state index contributed by atoms with van der Waals surface area (Å²) < 4.78 is 0. The number of aliphatic imine (C=N–C) groups is 1. The molecule has 0 unspecified atom stereocenters. The quantitative estimate of drug-likeness (QED) is 0.647. The van der Waals surface area contributed by atoms with E-state index in [-0.39, 0.29) is 0 Å². The number of rotatable bonds is 1. The van der Waals surface area contributed by atoms with Crippen molar-refractivity contribution in [1.82, 2.24) is 0 Å². The summed E-state index contributed by atoms with van der Waals surface area (Å²) in [7, 11) is 0. The van der Waals surface area contributed by atoms with Crippen molar-refractivity contribution in [3.8, 4) is 0 Å². The van der Waals surface area contributed by atoms with Crippen LogP contribution in [0.15, 0.2) is 17.1 Å². The van der Waals surface area contributed by atoms with Gasteiger partial charge in [-0.05, 0) is 42.5 Å². The summed E-state index contributed by atoms with van der Waals surface area (Å²) in [6, 6.07) is 4.05. The molecular formula is C11H12ClN. The summed E-state index contributed by atoms with van der Waals surface area (Å²) in [5.74, 6) is 0. The van der Waals surface area contributed by atoms with Crippen molar-refractivity contribution in [3.05, 3.63) is 28.3 Å². The molecule has 0 fully saturated rings. The van der Waals surface area contributed by atoms with Gasteiger partial charge < -0.3 is 0 Å². The van der Waals surface area contributed by atoms with Crippen molar-refractivity contribution in [2.45, 2.75) is 26.2 Å². The zero-order chi connectivity index (χ0) is 9.26. The number of nitrogens with zero attached hydrogens (tertiary/aromatic N) is 1. The first-order valence-corrected chi connectivity index (χ1v) is 5.03. The fourth-order valence-corrected chi connectivity index (χ4v) is 1.98. The Hall–Kier alpha value is -0.820. The van der Waals surface area contributed by atoms with Crippen molar-refractivity contribution >= 4 is 23.5 Å². The molecule has 1 aromatic rings. The van der Waals surface area contributed by atoms with E-state index in [1.54, 1.807) is 0 Å². The first-order chi connectivity index (χ1) is 6.31. The zero-order valence-electron chi connectivity index (χ0n) is 7.68. The number of fused-ring (bicyclic) bond motifs is 1. The molecule has 1 heterocycles. The number of hydrogen-bond donors (Lipinski definition) is 0. The molecular weight excluding hydrogens is 182 g/mol. The minimum absolute atomic E-state index is 0.840. The van der Waals surface area contributed by atoms with Gasteiger partial charge in [0.25, 0.3) is 0 Å². The fraction of sp³-hybridized carbons (Fsp3) is 0.364. The molecule has 1 aromatic carbocycles. The Morgan fingerprint density at radius 1 is 1.46 bits per heavy atom. The van der Waals surface area contributed by atoms with E-state index >= 15 is 0 Å². The Balaban J connectivity index is 2.59. The first-order valence-electron chi connectivity index (χ1n) is 4.65. The standard InChI is InChI=1S/C11H12ClN/c1-2-8-6-10(12)7-9-4-3-5-13-11(8)9/h5-7H,2-4H2,1H3. The van der Waals surface area contributed by atoms with Crippen LogP contribution in [-0.2, 0) is 12.8 Å². The van der Waals surface area contributed by atoms with Crippen LogP contribution in [0.3, 0.4) is 0 Å². The number of aryl methyl sites for hydroxylation is 2. The van der Waals surface area contributed by atoms with Crippen molar-refractivity contribution in [3.63, 3.8) is 0 Å². The molecule has 2 heteroatoms. The summed E-state index contributed by atoms with van der Waals surface area (Å²) in [4.78, 5) is 4.42. The highest BCUT2D eigenvalue weighted by molar-refractivity contribution is 6.30. The molecule has 0 saturated heterocycles. The second kappa shape index (κ2) is 3.51. The molecule has 68 valence electrons. The van der Waals surface area contributed by atoms with E-state index in [1.165, 1.54) is 11.1 Å². The Labute approximate surface area is 83.4 Å². The maximum atomic E-state index is 6.01. The first kappa shape index (κ1) is 8.76. The molecule has 0 atom stereocenters. The Bertz CT molecular complexity index is 355. The third kappa shape index (κ3) is 1.61. The molecule has 0 bridgehead atoms. The fourth-order valence-electron chi connectivity index (χ4n) is 1.72.